The fraction of sp³-hybridized carbons (Fsp3) is 0.586. The number of nitrogens with one attached hydrogen (secondary N) is 1. The molecule has 4 aromatic rings. The maximum atomic E-state index is 15.1. The molecule has 5 aliphatic rings. The molecule has 472 valence electrons. The van der Waals surface area contributed by atoms with Crippen molar-refractivity contribution in [3.63, 3.8) is 0 Å². The van der Waals surface area contributed by atoms with Crippen LogP contribution in [0, 0.1) is 11.6 Å². The van der Waals surface area contributed by atoms with E-state index >= 15 is 4.39 Å². The van der Waals surface area contributed by atoms with E-state index in [-0.39, 0.29) is 92.0 Å². The third kappa shape index (κ3) is 19.2. The van der Waals surface area contributed by atoms with Crippen molar-refractivity contribution in [1.82, 2.24) is 24.4 Å². The number of nitrogens with zero attached hydrogens (tertiary/aromatic N) is 6. The lowest BCUT2D eigenvalue weighted by Gasteiger charge is -2.36. The van der Waals surface area contributed by atoms with Crippen LogP contribution in [-0.2, 0) is 52.4 Å². The van der Waals surface area contributed by atoms with Gasteiger partial charge in [0.25, 0.3) is 11.8 Å². The molecule has 86 heavy (non-hydrogen) atoms. The lowest BCUT2D eigenvalue weighted by molar-refractivity contribution is -0.198. The Balaban J connectivity index is 0.000000195. The summed E-state index contributed by atoms with van der Waals surface area (Å²) < 4.78 is 65.1. The molecule has 9 rings (SSSR count). The highest BCUT2D eigenvalue weighted by Gasteiger charge is 2.34. The van der Waals surface area contributed by atoms with E-state index in [9.17, 15) is 53.0 Å². The number of hydroxylamine groups is 2. The molecular weight excluding hydrogens is 1140 g/mol. The first-order valence-electron chi connectivity index (χ1n) is 29.1. The van der Waals surface area contributed by atoms with E-state index in [0.29, 0.717) is 146 Å². The third-order valence-electron chi connectivity index (χ3n) is 14.5. The number of halogens is 2. The van der Waals surface area contributed by atoms with Crippen molar-refractivity contribution in [2.75, 3.05) is 155 Å². The van der Waals surface area contributed by atoms with Crippen LogP contribution in [0.4, 0.5) is 20.2 Å². The number of carbonyl (C=O) groups excluding carboxylic acids is 4. The second kappa shape index (κ2) is 33.8. The zero-order valence-electron chi connectivity index (χ0n) is 48.1. The Morgan fingerprint density at radius 3 is 1.33 bits per heavy atom. The van der Waals surface area contributed by atoms with Gasteiger partial charge in [0.2, 0.25) is 16.8 Å². The van der Waals surface area contributed by atoms with Crippen molar-refractivity contribution in [2.45, 2.75) is 76.3 Å². The number of hydrogen-bond donors (Lipinski definition) is 5. The maximum absolute atomic E-state index is 15.1. The van der Waals surface area contributed by atoms with Gasteiger partial charge in [-0.3, -0.25) is 24.0 Å². The van der Waals surface area contributed by atoms with Gasteiger partial charge in [-0.25, -0.2) is 23.2 Å². The van der Waals surface area contributed by atoms with Gasteiger partial charge in [0.1, 0.15) is 22.8 Å². The van der Waals surface area contributed by atoms with Gasteiger partial charge >= 0.3 is 17.9 Å². The van der Waals surface area contributed by atoms with Gasteiger partial charge in [0, 0.05) is 127 Å². The molecule has 0 atom stereocenters. The maximum Gasteiger partial charge on any atom is 0.341 e. The highest BCUT2D eigenvalue weighted by molar-refractivity contribution is 6.01. The first-order valence-corrected chi connectivity index (χ1v) is 29.1. The Kier molecular flexibility index (Phi) is 26.1. The fourth-order valence-corrected chi connectivity index (χ4v) is 9.61. The number of aliphatic hydroxyl groups excluding tert-OH is 2. The van der Waals surface area contributed by atoms with Gasteiger partial charge in [-0.05, 0) is 62.8 Å². The molecule has 0 bridgehead atoms. The summed E-state index contributed by atoms with van der Waals surface area (Å²) in [6.45, 7) is 9.54. The number of benzene rings is 2. The lowest BCUT2D eigenvalue weighted by atomic mass is 10.1. The number of ether oxygens (including phenoxy) is 6. The minimum atomic E-state index is -1.32. The number of rotatable bonds is 31. The van der Waals surface area contributed by atoms with E-state index in [2.05, 4.69) is 10.2 Å². The predicted octanol–water partition coefficient (Wildman–Crippen LogP) is 2.64. The Morgan fingerprint density at radius 2 is 0.919 bits per heavy atom. The minimum absolute atomic E-state index is 0.0318. The van der Waals surface area contributed by atoms with E-state index < -0.39 is 52.2 Å². The summed E-state index contributed by atoms with van der Waals surface area (Å²) >= 11 is 0. The predicted molar refractivity (Wildman–Crippen MR) is 305 cm³/mol. The molecule has 3 amide bonds. The van der Waals surface area contributed by atoms with E-state index in [0.717, 1.165) is 44.8 Å². The van der Waals surface area contributed by atoms with E-state index in [1.807, 2.05) is 14.4 Å². The summed E-state index contributed by atoms with van der Waals surface area (Å²) in [5.74, 6) is -5.39. The van der Waals surface area contributed by atoms with E-state index in [4.69, 9.17) is 38.6 Å². The number of aliphatic hydroxyl groups is 2. The monoisotopic (exact) mass is 1210 g/mol. The number of anilines is 2. The molecule has 2 saturated carbocycles. The first-order chi connectivity index (χ1) is 41.6. The van der Waals surface area contributed by atoms with Gasteiger partial charge in [-0.1, -0.05) is 0 Å². The topological polar surface area (TPSA) is 317 Å². The standard InChI is InChI=1S/C27H36FN3O8.C17H18FN3O3.C14H23NO8/c28-22-16-20-23(31(19-2-3-19)18-21(26(20)34)27(35)36)17-24(22)29-5-7-30(8-6-29)25(33)4-11-38-13-15-39-14-12-37-10-1-9-32;18-13-7-11-14(8-15(13)20-5-3-19-4-6-20)21(10-1-2-10)9-12(16(11)22)17(23)24;16-5-1-6-20-8-10-22-11-9-21-7-4-14(19)23-15-12(17)2-3-13(15)18/h16-19,32H,1-15H2,(H,35,36);7-10,19H,1-6H2,(H,23,24);16H,1-11H2. The molecule has 2 aromatic heterocycles. The molecular formula is C58H77F2N7O19. The van der Waals surface area contributed by atoms with Gasteiger partial charge in [0.15, 0.2) is 0 Å². The molecule has 2 aromatic carbocycles. The molecule has 3 aliphatic heterocycles. The van der Waals surface area contributed by atoms with Gasteiger partial charge in [-0.2, -0.15) is 0 Å². The summed E-state index contributed by atoms with van der Waals surface area (Å²) in [6.07, 6.45) is 7.96. The molecule has 28 heteroatoms. The molecule has 2 aliphatic carbocycles. The van der Waals surface area contributed by atoms with Crippen LogP contribution >= 0.6 is 0 Å². The van der Waals surface area contributed by atoms with Crippen LogP contribution in [0.15, 0.2) is 46.2 Å². The number of hydrogen-bond acceptors (Lipinski definition) is 20. The van der Waals surface area contributed by atoms with Crippen molar-refractivity contribution in [3.8, 4) is 0 Å². The van der Waals surface area contributed by atoms with Crippen LogP contribution in [0.25, 0.3) is 21.8 Å². The van der Waals surface area contributed by atoms with Gasteiger partial charge < -0.3 is 82.8 Å². The molecule has 0 spiro atoms. The fourth-order valence-electron chi connectivity index (χ4n) is 9.61. The van der Waals surface area contributed by atoms with Crippen molar-refractivity contribution in [1.29, 1.82) is 0 Å². The summed E-state index contributed by atoms with van der Waals surface area (Å²) in [6, 6.07) is 5.95. The van der Waals surface area contributed by atoms with Crippen LogP contribution in [0.3, 0.4) is 0 Å². The zero-order valence-corrected chi connectivity index (χ0v) is 48.1. The average Bonchev–Trinajstić information content (AvgIpc) is 1.41. The smallest absolute Gasteiger partial charge is 0.341 e. The van der Waals surface area contributed by atoms with Crippen molar-refractivity contribution >= 4 is 68.8 Å². The van der Waals surface area contributed by atoms with Gasteiger partial charge in [-0.15, -0.1) is 5.06 Å². The van der Waals surface area contributed by atoms with E-state index in [1.165, 1.54) is 18.5 Å². The third-order valence-corrected chi connectivity index (χ3v) is 14.5. The van der Waals surface area contributed by atoms with Crippen LogP contribution in [0.2, 0.25) is 0 Å². The highest BCUT2D eigenvalue weighted by Crippen LogP contribution is 2.39. The molecule has 5 N–H and O–H groups in total. The lowest BCUT2D eigenvalue weighted by Crippen LogP contribution is -2.49. The Hall–Kier alpha value is -7.02. The number of amides is 3. The molecule has 0 radical (unpaired) electrons. The van der Waals surface area contributed by atoms with Crippen molar-refractivity contribution in [2.24, 2.45) is 0 Å². The number of pyridine rings is 2. The van der Waals surface area contributed by atoms with Crippen LogP contribution in [-0.4, -0.2) is 220 Å². The van der Waals surface area contributed by atoms with Crippen LogP contribution < -0.4 is 26.0 Å². The number of fused-ring (bicyclic) bond motifs is 2. The first kappa shape index (κ1) is 66.5. The molecule has 5 heterocycles. The number of imide groups is 1. The zero-order chi connectivity index (χ0) is 61.5. The van der Waals surface area contributed by atoms with Crippen molar-refractivity contribution < 1.29 is 91.2 Å². The number of carbonyl (C=O) groups is 6. The Morgan fingerprint density at radius 1 is 0.523 bits per heavy atom. The molecule has 26 nitrogen and oxygen atoms in total. The largest absolute Gasteiger partial charge is 0.477 e. The number of carboxylic acid groups (broad SMARTS) is 2. The van der Waals surface area contributed by atoms with Gasteiger partial charge in [0.05, 0.1) is 101 Å². The quantitative estimate of drug-likeness (QED) is 0.0357. The summed E-state index contributed by atoms with van der Waals surface area (Å²) in [4.78, 5) is 105. The summed E-state index contributed by atoms with van der Waals surface area (Å²) in [7, 11) is 0. The van der Waals surface area contributed by atoms with Crippen LogP contribution in [0.1, 0.15) is 97.0 Å². The number of piperazine rings is 2. The second-order valence-electron chi connectivity index (χ2n) is 20.8. The SMILES string of the molecule is O=C(CCOCCOCCOCCCO)ON1C(=O)CCC1=O.O=C(O)c1cn(C2CC2)c2cc(N3CCN(C(=O)CCOCCOCCOCCCO)CC3)c(F)cc2c1=O.O=C(O)c1cn(C2CC2)c2cc(N3CCNCC3)c(F)cc2c1=O. The molecule has 0 unspecified atom stereocenters. The summed E-state index contributed by atoms with van der Waals surface area (Å²) in [5.41, 5.74) is -0.0176. The second-order valence-corrected chi connectivity index (χ2v) is 20.8. The Labute approximate surface area is 493 Å². The molecule has 3 saturated heterocycles. The van der Waals surface area contributed by atoms with E-state index in [1.54, 1.807) is 21.6 Å². The Bertz CT molecular complexity index is 3070. The molecule has 5 fully saturated rings. The van der Waals surface area contributed by atoms with Crippen LogP contribution in [0.5, 0.6) is 0 Å². The highest BCUT2D eigenvalue weighted by atomic mass is 19.1. The average molecular weight is 1210 g/mol. The number of carboxylic acids is 2. The summed E-state index contributed by atoms with van der Waals surface area (Å²) in [5, 5.41) is 39.8. The number of aromatic nitrogens is 2. The normalized spacial score (nSPS) is 16.1. The van der Waals surface area contributed by atoms with Crippen molar-refractivity contribution in [3.05, 3.63) is 79.9 Å². The minimum Gasteiger partial charge on any atom is -0.477 e. The number of aromatic carboxylic acids is 2.